The minimum absolute atomic E-state index is 0. The van der Waals surface area contributed by atoms with Gasteiger partial charge in [-0.2, -0.15) is 28.2 Å². The molecule has 6 heteroatoms. The van der Waals surface area contributed by atoms with Gasteiger partial charge in [-0.1, -0.05) is 24.1 Å². The zero-order valence-electron chi connectivity index (χ0n) is 8.20. The van der Waals surface area contributed by atoms with Gasteiger partial charge in [0.1, 0.15) is 0 Å². The van der Waals surface area contributed by atoms with Crippen LogP contribution in [-0.2, 0) is 10.0 Å². The van der Waals surface area contributed by atoms with Gasteiger partial charge in [0, 0.05) is 0 Å². The number of halogens is 1. The molecule has 1 heterocycles. The van der Waals surface area contributed by atoms with Crippen LogP contribution in [0.4, 0.5) is 0 Å². The third-order valence-electron chi connectivity index (χ3n) is 1.73. The van der Waals surface area contributed by atoms with Crippen molar-refractivity contribution in [2.24, 2.45) is 4.40 Å². The van der Waals surface area contributed by atoms with Gasteiger partial charge in [-0.15, -0.1) is 0 Å². The van der Waals surface area contributed by atoms with E-state index in [9.17, 15) is 8.42 Å². The molecule has 0 amide bonds. The van der Waals surface area contributed by atoms with Crippen LogP contribution < -0.4 is 0 Å². The molecule has 1 aliphatic heterocycles. The molecule has 0 N–H and O–H groups in total. The maximum atomic E-state index is 11.3. The van der Waals surface area contributed by atoms with E-state index in [0.717, 1.165) is 5.56 Å². The molecular formula is C9H8ClNO2SU. The van der Waals surface area contributed by atoms with E-state index in [1.807, 2.05) is 6.92 Å². The first kappa shape index (κ1) is 15.2. The van der Waals surface area contributed by atoms with Crippen LogP contribution in [0, 0.1) is 51.5 Å². The Kier molecular flexibility index (Phi) is 5.07. The molecule has 78 valence electrons. The topological polar surface area (TPSA) is 46.5 Å². The molecule has 1 aromatic rings. The average Bonchev–Trinajstić information content (AvgIpc) is 2.22. The van der Waals surface area contributed by atoms with E-state index in [1.165, 1.54) is 0 Å². The second-order valence-electron chi connectivity index (χ2n) is 2.78. The minimum Gasteiger partial charge on any atom is -0.358 e. The fourth-order valence-electron chi connectivity index (χ4n) is 1.16. The number of sulfonamides is 1. The quantitative estimate of drug-likeness (QED) is 0.548. The predicted octanol–water partition coefficient (Wildman–Crippen LogP) is 1.93. The first-order valence-corrected chi connectivity index (χ1v) is 5.36. The van der Waals surface area contributed by atoms with Gasteiger partial charge in [-0.05, 0) is 4.90 Å². The molecule has 0 radical (unpaired) electrons. The Morgan fingerprint density at radius 1 is 1.47 bits per heavy atom. The molecular weight excluding hydrogens is 460 g/mol. The van der Waals surface area contributed by atoms with Crippen LogP contribution in [0.3, 0.4) is 0 Å². The van der Waals surface area contributed by atoms with Gasteiger partial charge < -0.3 is 7.43 Å². The van der Waals surface area contributed by atoms with Crippen molar-refractivity contribution in [3.8, 4) is 0 Å². The SMILES string of the molecule is Cc1c[c-]c2c(c1)C(Cl)=NS2(=O)=O.[CH3-].[U+2]. The average molecular weight is 468 g/mol. The fraction of sp³-hybridized carbons (Fsp3) is 0.111. The van der Waals surface area contributed by atoms with E-state index >= 15 is 0 Å². The summed E-state index contributed by atoms with van der Waals surface area (Å²) in [6, 6.07) is 5.93. The molecule has 0 unspecified atom stereocenters. The molecule has 15 heavy (non-hydrogen) atoms. The zero-order valence-corrected chi connectivity index (χ0v) is 13.9. The first-order chi connectivity index (χ1) is 6.00. The van der Waals surface area contributed by atoms with Crippen molar-refractivity contribution in [1.29, 1.82) is 0 Å². The molecule has 2 rings (SSSR count). The summed E-state index contributed by atoms with van der Waals surface area (Å²) in [6.07, 6.45) is 0. The Balaban J connectivity index is 0.000000980. The largest absolute Gasteiger partial charge is 2.00 e. The van der Waals surface area contributed by atoms with E-state index in [-0.39, 0.29) is 48.6 Å². The van der Waals surface area contributed by atoms with Gasteiger partial charge in [-0.25, -0.2) is 8.42 Å². The molecule has 1 aliphatic rings. The molecule has 0 aromatic heterocycles. The standard InChI is InChI=1S/C8H5ClNO2S.CH3.U/c1-5-2-3-7-6(4-5)8(9)10-13(7,11)12;;/h2,4H,1H3;1H3;/q2*-1;+2. The van der Waals surface area contributed by atoms with E-state index in [4.69, 9.17) is 11.6 Å². The molecule has 0 fully saturated rings. The van der Waals surface area contributed by atoms with Crippen LogP contribution in [0.15, 0.2) is 21.4 Å². The summed E-state index contributed by atoms with van der Waals surface area (Å²) in [4.78, 5) is 0.0723. The maximum Gasteiger partial charge on any atom is 2.00 e. The molecule has 0 saturated heterocycles. The van der Waals surface area contributed by atoms with Crippen molar-refractivity contribution in [2.75, 3.05) is 0 Å². The maximum absolute atomic E-state index is 11.3. The van der Waals surface area contributed by atoms with Crippen LogP contribution in [0.25, 0.3) is 0 Å². The Labute approximate surface area is 118 Å². The molecule has 0 aliphatic carbocycles. The van der Waals surface area contributed by atoms with E-state index in [2.05, 4.69) is 10.5 Å². The smallest absolute Gasteiger partial charge is 0.358 e. The van der Waals surface area contributed by atoms with Gasteiger partial charge in [0.2, 0.25) is 0 Å². The van der Waals surface area contributed by atoms with Crippen LogP contribution in [0.5, 0.6) is 0 Å². The van der Waals surface area contributed by atoms with Crippen LogP contribution >= 0.6 is 11.6 Å². The number of fused-ring (bicyclic) bond motifs is 1. The second-order valence-corrected chi connectivity index (χ2v) is 4.68. The summed E-state index contributed by atoms with van der Waals surface area (Å²) in [5.41, 5.74) is 1.35. The van der Waals surface area contributed by atoms with Gasteiger partial charge in [0.05, 0.1) is 5.17 Å². The summed E-state index contributed by atoms with van der Waals surface area (Å²) >= 11 is 5.65. The van der Waals surface area contributed by atoms with Gasteiger partial charge >= 0.3 is 31.1 Å². The van der Waals surface area contributed by atoms with Crippen LogP contribution in [0.1, 0.15) is 11.1 Å². The zero-order chi connectivity index (χ0) is 9.64. The Morgan fingerprint density at radius 2 is 2.07 bits per heavy atom. The molecule has 0 spiro atoms. The molecule has 0 atom stereocenters. The number of nitrogens with zero attached hydrogens (tertiary/aromatic N) is 1. The third-order valence-corrected chi connectivity index (χ3v) is 3.39. The fourth-order valence-corrected chi connectivity index (χ4v) is 2.68. The van der Waals surface area contributed by atoms with Crippen LogP contribution in [0.2, 0.25) is 0 Å². The number of hydrogen-bond donors (Lipinski definition) is 0. The van der Waals surface area contributed by atoms with Crippen molar-refractivity contribution in [3.63, 3.8) is 0 Å². The summed E-state index contributed by atoms with van der Waals surface area (Å²) in [5.74, 6) is 0. The summed E-state index contributed by atoms with van der Waals surface area (Å²) in [5, 5.41) is 0.0231. The van der Waals surface area contributed by atoms with E-state index < -0.39 is 10.0 Å². The summed E-state index contributed by atoms with van der Waals surface area (Å²) in [6.45, 7) is 1.84. The number of benzene rings is 1. The minimum atomic E-state index is -3.57. The van der Waals surface area contributed by atoms with Gasteiger partial charge in [0.25, 0.3) is 10.0 Å². The Morgan fingerprint density at radius 3 is 2.67 bits per heavy atom. The van der Waals surface area contributed by atoms with Crippen molar-refractivity contribution in [3.05, 3.63) is 36.8 Å². The van der Waals surface area contributed by atoms with E-state index in [1.54, 1.807) is 12.1 Å². The second kappa shape index (κ2) is 5.01. The number of hydrogen-bond acceptors (Lipinski definition) is 2. The molecule has 0 saturated carbocycles. The molecule has 0 bridgehead atoms. The summed E-state index contributed by atoms with van der Waals surface area (Å²) in [7, 11) is -3.57. The molecule has 3 nitrogen and oxygen atoms in total. The normalized spacial score (nSPS) is 15.7. The first-order valence-electron chi connectivity index (χ1n) is 3.54. The Hall–Kier alpha value is 0.182. The van der Waals surface area contributed by atoms with Crippen molar-refractivity contribution >= 4 is 26.8 Å². The predicted molar refractivity (Wildman–Crippen MR) is 56.0 cm³/mol. The van der Waals surface area contributed by atoms with Gasteiger partial charge in [-0.3, -0.25) is 0 Å². The molecule has 1 aromatic carbocycles. The number of rotatable bonds is 0. The van der Waals surface area contributed by atoms with Crippen molar-refractivity contribution < 1.29 is 39.5 Å². The van der Waals surface area contributed by atoms with Crippen molar-refractivity contribution in [2.45, 2.75) is 11.8 Å². The van der Waals surface area contributed by atoms with Crippen molar-refractivity contribution in [1.82, 2.24) is 0 Å². The Bertz CT molecular complexity index is 511. The summed E-state index contributed by atoms with van der Waals surface area (Å²) < 4.78 is 25.9. The number of aryl methyl sites for hydroxylation is 1. The monoisotopic (exact) mass is 467 g/mol. The third kappa shape index (κ3) is 2.65. The van der Waals surface area contributed by atoms with Crippen LogP contribution in [-0.4, -0.2) is 13.6 Å². The van der Waals surface area contributed by atoms with Gasteiger partial charge in [0.15, 0.2) is 0 Å². The van der Waals surface area contributed by atoms with E-state index in [0.29, 0.717) is 5.56 Å².